The molecule has 1 aromatic carbocycles. The molecule has 0 aliphatic carbocycles. The van der Waals surface area contributed by atoms with Crippen LogP contribution >= 0.6 is 0 Å². The Labute approximate surface area is 194 Å². The number of nitrogen functional groups attached to an aromatic ring is 1. The normalized spacial score (nSPS) is 15.7. The Kier molecular flexibility index (Phi) is 5.44. The average Bonchev–Trinajstić information content (AvgIpc) is 3.60. The molecule has 1 fully saturated rings. The summed E-state index contributed by atoms with van der Waals surface area (Å²) < 4.78 is 11.6. The maximum absolute atomic E-state index is 13.1. The van der Waals surface area contributed by atoms with Crippen LogP contribution in [0.15, 0.2) is 41.3 Å². The van der Waals surface area contributed by atoms with Gasteiger partial charge in [-0.05, 0) is 47.8 Å². The number of rotatable bonds is 5. The summed E-state index contributed by atoms with van der Waals surface area (Å²) in [4.78, 5) is 35.7. The van der Waals surface area contributed by atoms with E-state index in [0.717, 1.165) is 23.1 Å². The van der Waals surface area contributed by atoms with Gasteiger partial charge in [-0.1, -0.05) is 12.1 Å². The maximum atomic E-state index is 13.1. The Morgan fingerprint density at radius 3 is 2.68 bits per heavy atom. The van der Waals surface area contributed by atoms with E-state index in [2.05, 4.69) is 20.3 Å². The van der Waals surface area contributed by atoms with E-state index < -0.39 is 6.04 Å². The van der Waals surface area contributed by atoms with Crippen LogP contribution < -0.4 is 5.73 Å². The number of nitrogens with two attached hydrogens (primary N) is 1. The second-order valence-corrected chi connectivity index (χ2v) is 7.99. The third kappa shape index (κ3) is 3.45. The predicted octanol–water partition coefficient (Wildman–Crippen LogP) is 2.53. The summed E-state index contributed by atoms with van der Waals surface area (Å²) in [6, 6.07) is 6.72. The highest BCUT2D eigenvalue weighted by atomic mass is 16.6. The standard InChI is InChI=1S/C23H23N7O4/c1-3-29-19-15(11-25-12-16(19)26-21(29)18-20(24)28-34-27-18)13-6-8-14(9-7-13)22(31)30-10-4-5-17(30)23(32)33-2/h6-9,11-12,17H,3-5,10H2,1-2H3,(H2,24,28)/t17-/m0/s1. The number of amides is 1. The van der Waals surface area contributed by atoms with Crippen LogP contribution in [0.1, 0.15) is 30.1 Å². The number of pyridine rings is 1. The number of esters is 1. The van der Waals surface area contributed by atoms with Crippen molar-refractivity contribution < 1.29 is 19.0 Å². The third-order valence-electron chi connectivity index (χ3n) is 6.12. The SMILES string of the molecule is CCn1c(-c2nonc2N)nc2cncc(-c3ccc(C(=O)N4CCC[C@H]4C(=O)OC)cc3)c21. The Bertz CT molecular complexity index is 1380. The first kappa shape index (κ1) is 21.6. The van der Waals surface area contributed by atoms with Gasteiger partial charge in [0.05, 0.1) is 18.8 Å². The molecule has 0 radical (unpaired) electrons. The van der Waals surface area contributed by atoms with E-state index in [1.54, 1.807) is 29.4 Å². The number of fused-ring (bicyclic) bond motifs is 1. The molecule has 0 unspecified atom stereocenters. The van der Waals surface area contributed by atoms with Crippen LogP contribution in [0.25, 0.3) is 33.7 Å². The van der Waals surface area contributed by atoms with E-state index in [0.29, 0.717) is 42.1 Å². The molecule has 34 heavy (non-hydrogen) atoms. The summed E-state index contributed by atoms with van der Waals surface area (Å²) in [6.07, 6.45) is 4.82. The average molecular weight is 461 g/mol. The number of imidazole rings is 1. The Balaban J connectivity index is 1.51. The van der Waals surface area contributed by atoms with Crippen LogP contribution in [-0.4, -0.2) is 61.3 Å². The largest absolute Gasteiger partial charge is 0.467 e. The summed E-state index contributed by atoms with van der Waals surface area (Å²) >= 11 is 0. The minimum atomic E-state index is -0.536. The molecule has 1 saturated heterocycles. The number of hydrogen-bond donors (Lipinski definition) is 1. The zero-order chi connectivity index (χ0) is 23.8. The number of carbonyl (C=O) groups is 2. The molecule has 0 bridgehead atoms. The molecule has 1 atom stereocenters. The molecule has 11 nitrogen and oxygen atoms in total. The smallest absolute Gasteiger partial charge is 0.328 e. The number of benzene rings is 1. The van der Waals surface area contributed by atoms with Gasteiger partial charge in [-0.2, -0.15) is 0 Å². The number of methoxy groups -OCH3 is 1. The monoisotopic (exact) mass is 461 g/mol. The van der Waals surface area contributed by atoms with Gasteiger partial charge in [0.25, 0.3) is 5.91 Å². The number of likely N-dealkylation sites (tertiary alicyclic amines) is 1. The van der Waals surface area contributed by atoms with Gasteiger partial charge in [0.2, 0.25) is 0 Å². The fourth-order valence-corrected chi connectivity index (χ4v) is 4.49. The van der Waals surface area contributed by atoms with Gasteiger partial charge in [0.15, 0.2) is 17.3 Å². The van der Waals surface area contributed by atoms with Crippen LogP contribution in [0.5, 0.6) is 0 Å². The zero-order valence-electron chi connectivity index (χ0n) is 18.8. The quantitative estimate of drug-likeness (QED) is 0.444. The topological polar surface area (TPSA) is 142 Å². The van der Waals surface area contributed by atoms with Gasteiger partial charge in [0, 0.05) is 30.4 Å². The number of nitrogens with zero attached hydrogens (tertiary/aromatic N) is 6. The minimum absolute atomic E-state index is 0.162. The highest BCUT2D eigenvalue weighted by molar-refractivity contribution is 5.98. The van der Waals surface area contributed by atoms with Crippen LogP contribution in [0.4, 0.5) is 5.82 Å². The number of ether oxygens (including phenoxy) is 1. The fourth-order valence-electron chi connectivity index (χ4n) is 4.49. The van der Waals surface area contributed by atoms with E-state index in [1.807, 2.05) is 23.6 Å². The lowest BCUT2D eigenvalue weighted by Crippen LogP contribution is -2.41. The Morgan fingerprint density at radius 1 is 1.21 bits per heavy atom. The van der Waals surface area contributed by atoms with Crippen LogP contribution in [0.3, 0.4) is 0 Å². The molecule has 4 heterocycles. The zero-order valence-corrected chi connectivity index (χ0v) is 18.8. The van der Waals surface area contributed by atoms with Crippen molar-refractivity contribution in [2.75, 3.05) is 19.4 Å². The van der Waals surface area contributed by atoms with E-state index >= 15 is 0 Å². The van der Waals surface area contributed by atoms with E-state index in [9.17, 15) is 9.59 Å². The van der Waals surface area contributed by atoms with Crippen molar-refractivity contribution in [1.82, 2.24) is 29.7 Å². The van der Waals surface area contributed by atoms with Crippen LogP contribution in [-0.2, 0) is 16.1 Å². The molecular formula is C23H23N7O4. The summed E-state index contributed by atoms with van der Waals surface area (Å²) in [5.74, 6) is 0.132. The second-order valence-electron chi connectivity index (χ2n) is 7.99. The molecule has 1 amide bonds. The first-order valence-electron chi connectivity index (χ1n) is 10.9. The van der Waals surface area contributed by atoms with Crippen LogP contribution in [0.2, 0.25) is 0 Å². The van der Waals surface area contributed by atoms with Crippen molar-refractivity contribution in [3.8, 4) is 22.6 Å². The lowest BCUT2D eigenvalue weighted by Gasteiger charge is -2.22. The molecule has 3 aromatic heterocycles. The molecule has 1 aliphatic rings. The van der Waals surface area contributed by atoms with Gasteiger partial charge in [0.1, 0.15) is 11.6 Å². The van der Waals surface area contributed by atoms with Crippen molar-refractivity contribution in [3.63, 3.8) is 0 Å². The Morgan fingerprint density at radius 2 is 2.00 bits per heavy atom. The van der Waals surface area contributed by atoms with Crippen molar-refractivity contribution in [1.29, 1.82) is 0 Å². The van der Waals surface area contributed by atoms with Crippen LogP contribution in [0, 0.1) is 0 Å². The first-order valence-corrected chi connectivity index (χ1v) is 10.9. The summed E-state index contributed by atoms with van der Waals surface area (Å²) in [6.45, 7) is 3.13. The van der Waals surface area contributed by atoms with Gasteiger partial charge >= 0.3 is 5.97 Å². The number of aromatic nitrogens is 5. The molecule has 0 saturated carbocycles. The second kappa shape index (κ2) is 8.58. The lowest BCUT2D eigenvalue weighted by molar-refractivity contribution is -0.145. The number of anilines is 1. The molecular weight excluding hydrogens is 438 g/mol. The fraction of sp³-hybridized carbons (Fsp3) is 0.304. The van der Waals surface area contributed by atoms with E-state index in [4.69, 9.17) is 15.1 Å². The van der Waals surface area contributed by atoms with E-state index in [1.165, 1.54) is 7.11 Å². The minimum Gasteiger partial charge on any atom is -0.467 e. The number of hydrogen-bond acceptors (Lipinski definition) is 9. The molecule has 174 valence electrons. The van der Waals surface area contributed by atoms with E-state index in [-0.39, 0.29) is 17.7 Å². The maximum Gasteiger partial charge on any atom is 0.328 e. The molecule has 2 N–H and O–H groups in total. The molecule has 1 aliphatic heterocycles. The first-order chi connectivity index (χ1) is 16.5. The summed E-state index contributed by atoms with van der Waals surface area (Å²) in [7, 11) is 1.34. The highest BCUT2D eigenvalue weighted by Gasteiger charge is 2.35. The molecule has 0 spiro atoms. The van der Waals surface area contributed by atoms with Crippen molar-refractivity contribution in [2.45, 2.75) is 32.4 Å². The molecule has 11 heteroatoms. The Hall–Kier alpha value is -4.28. The number of aryl methyl sites for hydroxylation is 1. The lowest BCUT2D eigenvalue weighted by atomic mass is 10.0. The summed E-state index contributed by atoms with van der Waals surface area (Å²) in [5.41, 5.74) is 10.0. The molecule has 4 aromatic rings. The van der Waals surface area contributed by atoms with Gasteiger partial charge < -0.3 is 19.9 Å². The number of carbonyl (C=O) groups excluding carboxylic acids is 2. The summed E-state index contributed by atoms with van der Waals surface area (Å²) in [5, 5.41) is 7.55. The van der Waals surface area contributed by atoms with Gasteiger partial charge in [-0.3, -0.25) is 9.78 Å². The van der Waals surface area contributed by atoms with Crippen molar-refractivity contribution >= 4 is 28.7 Å². The highest BCUT2D eigenvalue weighted by Crippen LogP contribution is 2.33. The van der Waals surface area contributed by atoms with Gasteiger partial charge in [-0.25, -0.2) is 14.4 Å². The molecule has 5 rings (SSSR count). The van der Waals surface area contributed by atoms with Crippen molar-refractivity contribution in [2.24, 2.45) is 0 Å². The van der Waals surface area contributed by atoms with Crippen molar-refractivity contribution in [3.05, 3.63) is 42.2 Å². The third-order valence-corrected chi connectivity index (χ3v) is 6.12. The predicted molar refractivity (Wildman–Crippen MR) is 122 cm³/mol. The van der Waals surface area contributed by atoms with Gasteiger partial charge in [-0.15, -0.1) is 0 Å².